The van der Waals surface area contributed by atoms with Gasteiger partial charge in [-0.25, -0.2) is 9.98 Å². The van der Waals surface area contributed by atoms with Crippen molar-refractivity contribution in [3.05, 3.63) is 75.6 Å². The highest BCUT2D eigenvalue weighted by molar-refractivity contribution is 14.0. The molecule has 3 rings (SSSR count). The van der Waals surface area contributed by atoms with E-state index >= 15 is 0 Å². The summed E-state index contributed by atoms with van der Waals surface area (Å²) in [6.45, 7) is 8.08. The molecule has 2 heterocycles. The van der Waals surface area contributed by atoms with Gasteiger partial charge in [0.1, 0.15) is 5.76 Å². The van der Waals surface area contributed by atoms with E-state index in [1.165, 1.54) is 16.0 Å². The number of halogens is 1. The van der Waals surface area contributed by atoms with Crippen molar-refractivity contribution in [2.24, 2.45) is 4.99 Å². The summed E-state index contributed by atoms with van der Waals surface area (Å²) in [5.41, 5.74) is 2.51. The second-order valence-corrected chi connectivity index (χ2v) is 8.58. The SMILES string of the molecule is CCNC(=NCc1ccccc1CN(C)Cc1ccco1)NCCc1ncc(C)s1.I. The normalized spacial score (nSPS) is 11.4. The minimum Gasteiger partial charge on any atom is -0.468 e. The van der Waals surface area contributed by atoms with Gasteiger partial charge in [-0.3, -0.25) is 4.90 Å². The van der Waals surface area contributed by atoms with Crippen LogP contribution in [0.25, 0.3) is 0 Å². The molecule has 31 heavy (non-hydrogen) atoms. The van der Waals surface area contributed by atoms with Crippen LogP contribution in [0.15, 0.2) is 58.3 Å². The first-order valence-corrected chi connectivity index (χ1v) is 11.2. The standard InChI is InChI=1S/C23H31N5OS.HI/c1-4-24-23(25-12-11-22-26-14-18(2)30-22)27-15-19-8-5-6-9-20(19)16-28(3)17-21-10-7-13-29-21;/h5-10,13-14H,4,11-12,15-17H2,1-3H3,(H2,24,25,27);1H. The van der Waals surface area contributed by atoms with Gasteiger partial charge in [0.25, 0.3) is 0 Å². The van der Waals surface area contributed by atoms with E-state index < -0.39 is 0 Å². The molecule has 0 radical (unpaired) electrons. The number of aryl methyl sites for hydroxylation is 1. The van der Waals surface area contributed by atoms with Crippen LogP contribution in [-0.2, 0) is 26.1 Å². The summed E-state index contributed by atoms with van der Waals surface area (Å²) < 4.78 is 5.46. The Kier molecular flexibility index (Phi) is 11.0. The molecular weight excluding hydrogens is 521 g/mol. The lowest BCUT2D eigenvalue weighted by Crippen LogP contribution is -2.38. The first-order chi connectivity index (χ1) is 14.6. The molecule has 0 atom stereocenters. The van der Waals surface area contributed by atoms with E-state index in [-0.39, 0.29) is 24.0 Å². The van der Waals surface area contributed by atoms with Crippen molar-refractivity contribution < 1.29 is 4.42 Å². The molecule has 2 N–H and O–H groups in total. The summed E-state index contributed by atoms with van der Waals surface area (Å²) >= 11 is 1.75. The predicted octanol–water partition coefficient (Wildman–Crippen LogP) is 4.59. The van der Waals surface area contributed by atoms with Crippen LogP contribution in [0, 0.1) is 6.92 Å². The predicted molar refractivity (Wildman–Crippen MR) is 139 cm³/mol. The van der Waals surface area contributed by atoms with Crippen LogP contribution in [0.1, 0.15) is 33.7 Å². The van der Waals surface area contributed by atoms with Crippen LogP contribution < -0.4 is 10.6 Å². The molecule has 0 amide bonds. The number of benzene rings is 1. The number of aromatic nitrogens is 1. The fourth-order valence-electron chi connectivity index (χ4n) is 3.19. The van der Waals surface area contributed by atoms with Crippen LogP contribution >= 0.6 is 35.3 Å². The number of nitrogens with zero attached hydrogens (tertiary/aromatic N) is 3. The molecule has 6 nitrogen and oxygen atoms in total. The van der Waals surface area contributed by atoms with E-state index in [2.05, 4.69) is 65.7 Å². The second kappa shape index (κ2) is 13.5. The van der Waals surface area contributed by atoms with Crippen LogP contribution in [0.5, 0.6) is 0 Å². The maximum Gasteiger partial charge on any atom is 0.191 e. The summed E-state index contributed by atoms with van der Waals surface area (Å²) in [6, 6.07) is 12.4. The quantitative estimate of drug-likeness (QED) is 0.219. The summed E-state index contributed by atoms with van der Waals surface area (Å²) in [6.07, 6.45) is 4.55. The van der Waals surface area contributed by atoms with Gasteiger partial charge in [0, 0.05) is 37.1 Å². The number of hydrogen-bond acceptors (Lipinski definition) is 5. The lowest BCUT2D eigenvalue weighted by atomic mass is 10.1. The molecule has 0 unspecified atom stereocenters. The molecular formula is C23H32IN5OS. The van der Waals surface area contributed by atoms with E-state index in [4.69, 9.17) is 9.41 Å². The Morgan fingerprint density at radius 3 is 2.61 bits per heavy atom. The maximum atomic E-state index is 5.46. The van der Waals surface area contributed by atoms with Gasteiger partial charge < -0.3 is 15.1 Å². The Morgan fingerprint density at radius 1 is 1.13 bits per heavy atom. The minimum atomic E-state index is 0. The lowest BCUT2D eigenvalue weighted by molar-refractivity contribution is 0.287. The highest BCUT2D eigenvalue weighted by Crippen LogP contribution is 2.14. The van der Waals surface area contributed by atoms with Crippen molar-refractivity contribution in [2.75, 3.05) is 20.1 Å². The average molecular weight is 554 g/mol. The second-order valence-electron chi connectivity index (χ2n) is 7.26. The van der Waals surface area contributed by atoms with E-state index in [9.17, 15) is 0 Å². The summed E-state index contributed by atoms with van der Waals surface area (Å²) in [5.74, 6) is 1.81. The Hall–Kier alpha value is -1.91. The van der Waals surface area contributed by atoms with Gasteiger partial charge in [0.2, 0.25) is 0 Å². The third-order valence-electron chi connectivity index (χ3n) is 4.62. The van der Waals surface area contributed by atoms with Crippen LogP contribution in [-0.4, -0.2) is 36.0 Å². The van der Waals surface area contributed by atoms with E-state index in [1.807, 2.05) is 18.3 Å². The fourth-order valence-corrected chi connectivity index (χ4v) is 3.98. The largest absolute Gasteiger partial charge is 0.468 e. The molecule has 0 aliphatic rings. The number of guanidine groups is 1. The zero-order valence-corrected chi connectivity index (χ0v) is 21.6. The van der Waals surface area contributed by atoms with Gasteiger partial charge in [-0.1, -0.05) is 24.3 Å². The van der Waals surface area contributed by atoms with Crippen molar-refractivity contribution in [3.8, 4) is 0 Å². The van der Waals surface area contributed by atoms with Gasteiger partial charge in [-0.05, 0) is 44.2 Å². The molecule has 0 bridgehead atoms. The first-order valence-electron chi connectivity index (χ1n) is 10.3. The molecule has 8 heteroatoms. The molecule has 1 aromatic carbocycles. The molecule has 168 valence electrons. The van der Waals surface area contributed by atoms with Gasteiger partial charge in [-0.15, -0.1) is 35.3 Å². The molecule has 0 fully saturated rings. The van der Waals surface area contributed by atoms with Gasteiger partial charge >= 0.3 is 0 Å². The summed E-state index contributed by atoms with van der Waals surface area (Å²) in [7, 11) is 2.11. The lowest BCUT2D eigenvalue weighted by Gasteiger charge is -2.17. The van der Waals surface area contributed by atoms with E-state index in [0.717, 1.165) is 49.3 Å². The molecule has 0 aliphatic carbocycles. The summed E-state index contributed by atoms with van der Waals surface area (Å²) in [5, 5.41) is 7.91. The van der Waals surface area contributed by atoms with Crippen molar-refractivity contribution in [3.63, 3.8) is 0 Å². The maximum absolute atomic E-state index is 5.46. The highest BCUT2D eigenvalue weighted by Gasteiger charge is 2.08. The topological polar surface area (TPSA) is 65.7 Å². The smallest absolute Gasteiger partial charge is 0.191 e. The molecule has 0 aliphatic heterocycles. The molecule has 0 saturated carbocycles. The third kappa shape index (κ3) is 8.62. The Morgan fingerprint density at radius 2 is 1.94 bits per heavy atom. The van der Waals surface area contributed by atoms with E-state index in [1.54, 1.807) is 17.6 Å². The monoisotopic (exact) mass is 553 g/mol. The number of thiazole rings is 1. The molecule has 2 aromatic heterocycles. The number of aliphatic imine (C=N–C) groups is 1. The third-order valence-corrected chi connectivity index (χ3v) is 5.59. The number of hydrogen-bond donors (Lipinski definition) is 2. The van der Waals surface area contributed by atoms with Crippen LogP contribution in [0.3, 0.4) is 0 Å². The van der Waals surface area contributed by atoms with Crippen molar-refractivity contribution in [2.45, 2.75) is 39.9 Å². The average Bonchev–Trinajstić information content (AvgIpc) is 3.38. The van der Waals surface area contributed by atoms with Crippen molar-refractivity contribution in [1.29, 1.82) is 0 Å². The number of furan rings is 1. The van der Waals surface area contributed by atoms with Crippen LogP contribution in [0.4, 0.5) is 0 Å². The van der Waals surface area contributed by atoms with Crippen LogP contribution in [0.2, 0.25) is 0 Å². The highest BCUT2D eigenvalue weighted by atomic mass is 127. The molecule has 0 saturated heterocycles. The molecule has 3 aromatic rings. The fraction of sp³-hybridized carbons (Fsp3) is 0.391. The number of nitrogens with one attached hydrogen (secondary N) is 2. The van der Waals surface area contributed by atoms with Crippen molar-refractivity contribution >= 4 is 41.3 Å². The Bertz CT molecular complexity index is 926. The molecule has 0 spiro atoms. The zero-order chi connectivity index (χ0) is 21.2. The summed E-state index contributed by atoms with van der Waals surface area (Å²) in [4.78, 5) is 12.7. The van der Waals surface area contributed by atoms with Gasteiger partial charge in [0.15, 0.2) is 5.96 Å². The Balaban J connectivity index is 0.00000341. The van der Waals surface area contributed by atoms with Crippen molar-refractivity contribution in [1.82, 2.24) is 20.5 Å². The number of rotatable bonds is 10. The first kappa shape index (κ1) is 25.4. The minimum absolute atomic E-state index is 0. The Labute approximate surface area is 206 Å². The van der Waals surface area contributed by atoms with Gasteiger partial charge in [-0.2, -0.15) is 0 Å². The zero-order valence-electron chi connectivity index (χ0n) is 18.4. The van der Waals surface area contributed by atoms with Gasteiger partial charge in [0.05, 0.1) is 24.4 Å². The van der Waals surface area contributed by atoms with E-state index in [0.29, 0.717) is 6.54 Å².